The van der Waals surface area contributed by atoms with E-state index in [0.29, 0.717) is 25.8 Å². The lowest BCUT2D eigenvalue weighted by atomic mass is 10.0. The smallest absolute Gasteiger partial charge is 0.329 e. The maximum absolute atomic E-state index is 11.0. The molecule has 9 N–H and O–H groups in total. The molecule has 10 heteroatoms. The van der Waals surface area contributed by atoms with Gasteiger partial charge in [-0.3, -0.25) is 14.8 Å². The summed E-state index contributed by atoms with van der Waals surface area (Å²) in [5.41, 5.74) is 10.1. The second-order valence-electron chi connectivity index (χ2n) is 4.71. The molecule has 0 aromatic rings. The molecule has 4 amide bonds. The first-order valence-corrected chi connectivity index (χ1v) is 6.62. The third-order valence-electron chi connectivity index (χ3n) is 3.06. The van der Waals surface area contributed by atoms with E-state index in [0.717, 1.165) is 16.4 Å². The Morgan fingerprint density at radius 1 is 0.952 bits per heavy atom. The van der Waals surface area contributed by atoms with Crippen molar-refractivity contribution in [3.8, 4) is 0 Å². The number of hydrazine groups is 2. The zero-order valence-corrected chi connectivity index (χ0v) is 11.9. The number of hydrogen-bond donors (Lipinski definition) is 5. The van der Waals surface area contributed by atoms with Gasteiger partial charge in [-0.15, -0.1) is 0 Å². The van der Waals surface area contributed by atoms with Gasteiger partial charge in [0.05, 0.1) is 6.04 Å². The van der Waals surface area contributed by atoms with Gasteiger partial charge in [-0.1, -0.05) is 12.8 Å². The van der Waals surface area contributed by atoms with E-state index in [-0.39, 0.29) is 12.8 Å². The Morgan fingerprint density at radius 2 is 1.57 bits per heavy atom. The number of primary amides is 2. The summed E-state index contributed by atoms with van der Waals surface area (Å²) in [6, 6.07) is -1.92. The average molecular weight is 304 g/mol. The molecule has 0 saturated carbocycles. The lowest BCUT2D eigenvalue weighted by Gasteiger charge is -2.25. The van der Waals surface area contributed by atoms with E-state index in [9.17, 15) is 14.4 Å². The molecule has 10 nitrogen and oxygen atoms in total. The van der Waals surface area contributed by atoms with Crippen LogP contribution in [-0.4, -0.2) is 45.7 Å². The fourth-order valence-corrected chi connectivity index (χ4v) is 1.84. The van der Waals surface area contributed by atoms with Gasteiger partial charge >= 0.3 is 18.0 Å². The lowest BCUT2D eigenvalue weighted by molar-refractivity contribution is -0.137. The van der Waals surface area contributed by atoms with Gasteiger partial charge in [0.15, 0.2) is 0 Å². The highest BCUT2D eigenvalue weighted by Crippen LogP contribution is 2.13. The number of unbranched alkanes of at least 4 members (excludes halogenated alkanes) is 2. The molecule has 0 aliphatic carbocycles. The summed E-state index contributed by atoms with van der Waals surface area (Å²) in [7, 11) is 0. The Bertz CT molecular complexity index is 365. The molecule has 0 rings (SSSR count). The van der Waals surface area contributed by atoms with Crippen LogP contribution in [0.5, 0.6) is 0 Å². The minimum atomic E-state index is -0.960. The molecule has 122 valence electrons. The van der Waals surface area contributed by atoms with Gasteiger partial charge in [-0.25, -0.2) is 21.3 Å². The Hall–Kier alpha value is -2.07. The highest BCUT2D eigenvalue weighted by molar-refractivity contribution is 5.72. The molecule has 0 spiro atoms. The fourth-order valence-electron chi connectivity index (χ4n) is 1.84. The molecular weight excluding hydrogens is 280 g/mol. The molecule has 0 fully saturated rings. The number of hydrogen-bond acceptors (Lipinski definition) is 5. The molecule has 1 atom stereocenters. The van der Waals surface area contributed by atoms with Crippen molar-refractivity contribution >= 4 is 18.0 Å². The van der Waals surface area contributed by atoms with Crippen LogP contribution in [0.4, 0.5) is 9.59 Å². The van der Waals surface area contributed by atoms with Crippen LogP contribution in [0.25, 0.3) is 0 Å². The van der Waals surface area contributed by atoms with Crippen molar-refractivity contribution in [2.24, 2.45) is 23.2 Å². The molecule has 0 aliphatic rings. The van der Waals surface area contributed by atoms with Gasteiger partial charge in [0.2, 0.25) is 0 Å². The molecular formula is C11H24N6O4. The molecule has 0 unspecified atom stereocenters. The predicted molar refractivity (Wildman–Crippen MR) is 75.2 cm³/mol. The predicted octanol–water partition coefficient (Wildman–Crippen LogP) is -0.711. The van der Waals surface area contributed by atoms with Crippen LogP contribution in [0.3, 0.4) is 0 Å². The van der Waals surface area contributed by atoms with Crippen LogP contribution in [0.2, 0.25) is 0 Å². The highest BCUT2D eigenvalue weighted by Gasteiger charge is 2.19. The number of carboxylic acid groups (broad SMARTS) is 1. The average Bonchev–Trinajstić information content (AvgIpc) is 2.40. The van der Waals surface area contributed by atoms with Crippen LogP contribution in [-0.2, 0) is 4.79 Å². The second-order valence-corrected chi connectivity index (χ2v) is 4.71. The van der Waals surface area contributed by atoms with Crippen molar-refractivity contribution in [3.63, 3.8) is 0 Å². The number of carbonyl (C=O) groups is 3. The molecule has 0 heterocycles. The summed E-state index contributed by atoms with van der Waals surface area (Å²) in [4.78, 5) is 32.3. The summed E-state index contributed by atoms with van der Waals surface area (Å²) in [5, 5.41) is 10.4. The Balaban J connectivity index is 4.08. The first kappa shape index (κ1) is 18.9. The van der Waals surface area contributed by atoms with Crippen molar-refractivity contribution in [3.05, 3.63) is 0 Å². The SMILES string of the molecule is NC(=O)N(N)CCCCC[C@@H](CCC(=O)O)N(N)C(N)=O. The zero-order valence-electron chi connectivity index (χ0n) is 11.9. The third-order valence-corrected chi connectivity index (χ3v) is 3.06. The summed E-state index contributed by atoms with van der Waals surface area (Å²) < 4.78 is 0. The Kier molecular flexibility index (Phi) is 8.81. The topological polar surface area (TPSA) is 182 Å². The van der Waals surface area contributed by atoms with E-state index in [1.54, 1.807) is 0 Å². The van der Waals surface area contributed by atoms with Crippen molar-refractivity contribution < 1.29 is 19.5 Å². The molecule has 0 saturated heterocycles. The fraction of sp³-hybridized carbons (Fsp3) is 0.727. The maximum atomic E-state index is 11.0. The standard InChI is InChI=1S/C11H24N6O4/c12-10(20)16(14)7-3-1-2-4-8(5-6-9(18)19)17(15)11(13)21/h8H,1-7,14-15H2,(H2,12,20)(H2,13,21)(H,18,19)/t8-/m0/s1. The van der Waals surface area contributed by atoms with Gasteiger partial charge < -0.3 is 16.6 Å². The number of carboxylic acids is 1. The number of aliphatic carboxylic acids is 1. The minimum Gasteiger partial charge on any atom is -0.481 e. The third kappa shape index (κ3) is 8.65. The number of nitrogens with two attached hydrogens (primary N) is 4. The largest absolute Gasteiger partial charge is 0.481 e. The number of urea groups is 2. The molecule has 0 aromatic carbocycles. The number of rotatable bonds is 10. The summed E-state index contributed by atoms with van der Waals surface area (Å²) in [5.74, 6) is 9.90. The number of carbonyl (C=O) groups excluding carboxylic acids is 2. The van der Waals surface area contributed by atoms with Gasteiger partial charge in [0.1, 0.15) is 0 Å². The Labute approximate surface area is 122 Å². The van der Waals surface area contributed by atoms with E-state index in [2.05, 4.69) is 0 Å². The van der Waals surface area contributed by atoms with Crippen LogP contribution in [0.15, 0.2) is 0 Å². The van der Waals surface area contributed by atoms with Gasteiger partial charge in [0, 0.05) is 13.0 Å². The van der Waals surface area contributed by atoms with E-state index < -0.39 is 24.1 Å². The number of nitrogens with zero attached hydrogens (tertiary/aromatic N) is 2. The normalized spacial score (nSPS) is 11.7. The monoisotopic (exact) mass is 304 g/mol. The Morgan fingerprint density at radius 3 is 2.05 bits per heavy atom. The lowest BCUT2D eigenvalue weighted by Crippen LogP contribution is -2.48. The van der Waals surface area contributed by atoms with Gasteiger partial charge in [-0.2, -0.15) is 0 Å². The number of amides is 4. The van der Waals surface area contributed by atoms with Gasteiger partial charge in [0.25, 0.3) is 0 Å². The molecule has 0 aromatic heterocycles. The first-order chi connectivity index (χ1) is 9.75. The van der Waals surface area contributed by atoms with Crippen molar-refractivity contribution in [2.45, 2.75) is 44.6 Å². The summed E-state index contributed by atoms with van der Waals surface area (Å²) >= 11 is 0. The van der Waals surface area contributed by atoms with Gasteiger partial charge in [-0.05, 0) is 19.3 Å². The van der Waals surface area contributed by atoms with Crippen molar-refractivity contribution in [1.82, 2.24) is 10.0 Å². The van der Waals surface area contributed by atoms with Crippen LogP contribution >= 0.6 is 0 Å². The molecule has 0 bridgehead atoms. The highest BCUT2D eigenvalue weighted by atomic mass is 16.4. The molecule has 0 radical (unpaired) electrons. The van der Waals surface area contributed by atoms with Crippen LogP contribution in [0, 0.1) is 0 Å². The first-order valence-electron chi connectivity index (χ1n) is 6.62. The van der Waals surface area contributed by atoms with Crippen LogP contribution in [0.1, 0.15) is 38.5 Å². The second kappa shape index (κ2) is 9.77. The quantitative estimate of drug-likeness (QED) is 0.154. The summed E-state index contributed by atoms with van der Waals surface area (Å²) in [6.07, 6.45) is 2.73. The van der Waals surface area contributed by atoms with E-state index >= 15 is 0 Å². The van der Waals surface area contributed by atoms with E-state index in [1.807, 2.05) is 0 Å². The van der Waals surface area contributed by atoms with Crippen molar-refractivity contribution in [2.75, 3.05) is 6.54 Å². The van der Waals surface area contributed by atoms with Crippen LogP contribution < -0.4 is 23.2 Å². The zero-order chi connectivity index (χ0) is 16.4. The van der Waals surface area contributed by atoms with E-state index in [1.165, 1.54) is 0 Å². The molecule has 21 heavy (non-hydrogen) atoms. The summed E-state index contributed by atoms with van der Waals surface area (Å²) in [6.45, 7) is 0.331. The van der Waals surface area contributed by atoms with Crippen molar-refractivity contribution in [1.29, 1.82) is 0 Å². The molecule has 0 aliphatic heterocycles. The maximum Gasteiger partial charge on any atom is 0.329 e. The minimum absolute atomic E-state index is 0.0934. The van der Waals surface area contributed by atoms with E-state index in [4.69, 9.17) is 28.3 Å².